The summed E-state index contributed by atoms with van der Waals surface area (Å²) < 4.78 is 8.24. The van der Waals surface area contributed by atoms with E-state index >= 15 is 0 Å². The summed E-state index contributed by atoms with van der Waals surface area (Å²) in [6.07, 6.45) is 0. The molecule has 0 radical (unpaired) electrons. The summed E-state index contributed by atoms with van der Waals surface area (Å²) in [7, 11) is 3.53. The van der Waals surface area contributed by atoms with Gasteiger partial charge in [0.1, 0.15) is 5.75 Å². The number of thioether (sulfide) groups is 1. The van der Waals surface area contributed by atoms with Crippen molar-refractivity contribution in [3.8, 4) is 17.1 Å². The molecule has 0 unspecified atom stereocenters. The SMILES string of the molecule is COc1ccc(-c2nnc(SCC(=O)Nc3ccc(I)cc3C(C)C)n2C)cc1. The zero-order chi connectivity index (χ0) is 21.0. The van der Waals surface area contributed by atoms with Crippen molar-refractivity contribution in [1.29, 1.82) is 0 Å². The first kappa shape index (κ1) is 21.6. The molecular weight excluding hydrogens is 499 g/mol. The van der Waals surface area contributed by atoms with Gasteiger partial charge in [0.25, 0.3) is 0 Å². The predicted octanol–water partition coefficient (Wildman–Crippen LogP) is 4.95. The number of nitrogens with zero attached hydrogens (tertiary/aromatic N) is 3. The Kier molecular flexibility index (Phi) is 7.18. The van der Waals surface area contributed by atoms with E-state index < -0.39 is 0 Å². The third-order valence-corrected chi connectivity index (χ3v) is 6.12. The Morgan fingerprint density at radius 1 is 1.21 bits per heavy atom. The number of rotatable bonds is 7. The fourth-order valence-electron chi connectivity index (χ4n) is 2.87. The van der Waals surface area contributed by atoms with Crippen LogP contribution in [0.4, 0.5) is 5.69 Å². The van der Waals surface area contributed by atoms with Crippen LogP contribution in [0.2, 0.25) is 0 Å². The topological polar surface area (TPSA) is 69.0 Å². The molecule has 0 saturated carbocycles. The van der Waals surface area contributed by atoms with Crippen LogP contribution in [0.25, 0.3) is 11.4 Å². The molecule has 6 nitrogen and oxygen atoms in total. The number of halogens is 1. The van der Waals surface area contributed by atoms with Crippen molar-refractivity contribution < 1.29 is 9.53 Å². The Morgan fingerprint density at radius 3 is 2.59 bits per heavy atom. The lowest BCUT2D eigenvalue weighted by Gasteiger charge is -2.14. The van der Waals surface area contributed by atoms with E-state index in [-0.39, 0.29) is 11.7 Å². The van der Waals surface area contributed by atoms with Gasteiger partial charge in [0.2, 0.25) is 5.91 Å². The van der Waals surface area contributed by atoms with E-state index in [1.54, 1.807) is 7.11 Å². The van der Waals surface area contributed by atoms with Gasteiger partial charge < -0.3 is 14.6 Å². The van der Waals surface area contributed by atoms with Gasteiger partial charge in [0.05, 0.1) is 12.9 Å². The number of nitrogens with one attached hydrogen (secondary N) is 1. The molecule has 152 valence electrons. The quantitative estimate of drug-likeness (QED) is 0.352. The number of anilines is 1. The zero-order valence-electron chi connectivity index (χ0n) is 16.8. The standard InChI is InChI=1S/C21H23IN4O2S/c1-13(2)17-11-15(22)7-10-18(17)23-19(27)12-29-21-25-24-20(26(21)3)14-5-8-16(28-4)9-6-14/h5-11,13H,12H2,1-4H3,(H,23,27). The summed E-state index contributed by atoms with van der Waals surface area (Å²) in [5.41, 5.74) is 2.94. The van der Waals surface area contributed by atoms with Crippen LogP contribution in [0.15, 0.2) is 47.6 Å². The first-order valence-corrected chi connectivity index (χ1v) is 11.2. The van der Waals surface area contributed by atoms with Gasteiger partial charge in [-0.05, 0) is 76.5 Å². The molecule has 0 saturated heterocycles. The highest BCUT2D eigenvalue weighted by molar-refractivity contribution is 14.1. The van der Waals surface area contributed by atoms with Crippen LogP contribution in [-0.2, 0) is 11.8 Å². The van der Waals surface area contributed by atoms with Crippen LogP contribution in [0.5, 0.6) is 5.75 Å². The van der Waals surface area contributed by atoms with Crippen molar-refractivity contribution in [1.82, 2.24) is 14.8 Å². The number of methoxy groups -OCH3 is 1. The summed E-state index contributed by atoms with van der Waals surface area (Å²) >= 11 is 3.65. The number of benzene rings is 2. The smallest absolute Gasteiger partial charge is 0.234 e. The normalized spacial score (nSPS) is 11.0. The van der Waals surface area contributed by atoms with Gasteiger partial charge in [-0.3, -0.25) is 4.79 Å². The average molecular weight is 522 g/mol. The molecular formula is C21H23IN4O2S. The molecule has 2 aromatic carbocycles. The third-order valence-electron chi connectivity index (χ3n) is 4.43. The minimum atomic E-state index is -0.0629. The van der Waals surface area contributed by atoms with Crippen molar-refractivity contribution in [2.24, 2.45) is 7.05 Å². The van der Waals surface area contributed by atoms with Gasteiger partial charge in [-0.25, -0.2) is 0 Å². The molecule has 0 aliphatic heterocycles. The number of amides is 1. The highest BCUT2D eigenvalue weighted by Gasteiger charge is 2.15. The maximum absolute atomic E-state index is 12.5. The van der Waals surface area contributed by atoms with Gasteiger partial charge in [0, 0.05) is 21.9 Å². The summed E-state index contributed by atoms with van der Waals surface area (Å²) in [5.74, 6) is 2.07. The van der Waals surface area contributed by atoms with E-state index in [9.17, 15) is 4.79 Å². The van der Waals surface area contributed by atoms with E-state index in [0.717, 1.165) is 32.0 Å². The molecule has 1 N–H and O–H groups in total. The fraction of sp³-hybridized carbons (Fsp3) is 0.286. The van der Waals surface area contributed by atoms with Crippen molar-refractivity contribution in [2.45, 2.75) is 24.9 Å². The first-order valence-electron chi connectivity index (χ1n) is 9.15. The Morgan fingerprint density at radius 2 is 1.93 bits per heavy atom. The summed E-state index contributed by atoms with van der Waals surface area (Å²) in [6.45, 7) is 4.24. The minimum absolute atomic E-state index is 0.0629. The Labute approximate surface area is 188 Å². The van der Waals surface area contributed by atoms with Gasteiger partial charge in [-0.2, -0.15) is 0 Å². The van der Waals surface area contributed by atoms with E-state index in [1.165, 1.54) is 11.8 Å². The van der Waals surface area contributed by atoms with E-state index in [1.807, 2.05) is 48.0 Å². The van der Waals surface area contributed by atoms with Crippen LogP contribution in [-0.4, -0.2) is 33.5 Å². The summed E-state index contributed by atoms with van der Waals surface area (Å²) in [4.78, 5) is 12.5. The van der Waals surface area contributed by atoms with Crippen molar-refractivity contribution in [2.75, 3.05) is 18.2 Å². The molecule has 1 heterocycles. The molecule has 3 aromatic rings. The maximum Gasteiger partial charge on any atom is 0.234 e. The Hall–Kier alpha value is -2.07. The largest absolute Gasteiger partial charge is 0.497 e. The monoisotopic (exact) mass is 522 g/mol. The second-order valence-corrected chi connectivity index (χ2v) is 9.00. The van der Waals surface area contributed by atoms with Gasteiger partial charge in [0.15, 0.2) is 11.0 Å². The molecule has 8 heteroatoms. The molecule has 1 amide bonds. The van der Waals surface area contributed by atoms with Crippen LogP contribution in [0, 0.1) is 3.57 Å². The molecule has 29 heavy (non-hydrogen) atoms. The number of carbonyl (C=O) groups excluding carboxylic acids is 1. The Bertz CT molecular complexity index is 1000. The summed E-state index contributed by atoms with van der Waals surface area (Å²) in [6, 6.07) is 13.7. The lowest BCUT2D eigenvalue weighted by molar-refractivity contribution is -0.113. The Balaban J connectivity index is 1.66. The van der Waals surface area contributed by atoms with Crippen molar-refractivity contribution >= 4 is 45.9 Å². The first-order chi connectivity index (χ1) is 13.9. The molecule has 0 bridgehead atoms. The molecule has 0 fully saturated rings. The fourth-order valence-corrected chi connectivity index (χ4v) is 4.10. The second kappa shape index (κ2) is 9.62. The van der Waals surface area contributed by atoms with Crippen molar-refractivity contribution in [3.63, 3.8) is 0 Å². The maximum atomic E-state index is 12.5. The zero-order valence-corrected chi connectivity index (χ0v) is 19.7. The van der Waals surface area contributed by atoms with Crippen LogP contribution in [0.3, 0.4) is 0 Å². The van der Waals surface area contributed by atoms with Crippen LogP contribution < -0.4 is 10.1 Å². The van der Waals surface area contributed by atoms with Gasteiger partial charge in [-0.1, -0.05) is 25.6 Å². The highest BCUT2D eigenvalue weighted by Crippen LogP contribution is 2.27. The van der Waals surface area contributed by atoms with Gasteiger partial charge >= 0.3 is 0 Å². The number of hydrogen-bond donors (Lipinski definition) is 1. The molecule has 1 aromatic heterocycles. The average Bonchev–Trinajstić information content (AvgIpc) is 3.08. The second-order valence-electron chi connectivity index (χ2n) is 6.82. The third kappa shape index (κ3) is 5.30. The molecule has 0 spiro atoms. The molecule has 0 atom stereocenters. The molecule has 3 rings (SSSR count). The lowest BCUT2D eigenvalue weighted by atomic mass is 10.0. The van der Waals surface area contributed by atoms with Crippen LogP contribution >= 0.6 is 34.4 Å². The predicted molar refractivity (Wildman–Crippen MR) is 126 cm³/mol. The van der Waals surface area contributed by atoms with Crippen LogP contribution in [0.1, 0.15) is 25.3 Å². The molecule has 0 aliphatic carbocycles. The van der Waals surface area contributed by atoms with Gasteiger partial charge in [-0.15, -0.1) is 10.2 Å². The number of carbonyl (C=O) groups is 1. The number of hydrogen-bond acceptors (Lipinski definition) is 5. The summed E-state index contributed by atoms with van der Waals surface area (Å²) in [5, 5.41) is 12.2. The highest BCUT2D eigenvalue weighted by atomic mass is 127. The number of aromatic nitrogens is 3. The van der Waals surface area contributed by atoms with Crippen molar-refractivity contribution in [3.05, 3.63) is 51.6 Å². The van der Waals surface area contributed by atoms with E-state index in [2.05, 4.69) is 58.0 Å². The van der Waals surface area contributed by atoms with E-state index in [4.69, 9.17) is 4.74 Å². The number of ether oxygens (including phenoxy) is 1. The van der Waals surface area contributed by atoms with E-state index in [0.29, 0.717) is 11.1 Å². The minimum Gasteiger partial charge on any atom is -0.497 e. The lowest BCUT2D eigenvalue weighted by Crippen LogP contribution is -2.16. The molecule has 0 aliphatic rings.